The van der Waals surface area contributed by atoms with Gasteiger partial charge in [0.1, 0.15) is 18.3 Å². The van der Waals surface area contributed by atoms with Crippen LogP contribution >= 0.6 is 0 Å². The van der Waals surface area contributed by atoms with Gasteiger partial charge in [-0.05, 0) is 24.6 Å². The number of hydrogen-bond donors (Lipinski definition) is 1. The highest BCUT2D eigenvalue weighted by atomic mass is 32.2. The van der Waals surface area contributed by atoms with E-state index in [0.717, 1.165) is 11.1 Å². The summed E-state index contributed by atoms with van der Waals surface area (Å²) >= 11 is 0. The smallest absolute Gasteiger partial charge is 0.297 e. The Bertz CT molecular complexity index is 804. The molecule has 1 aliphatic rings. The topological polar surface area (TPSA) is 82.1 Å². The molecule has 0 unspecified atom stereocenters. The van der Waals surface area contributed by atoms with Gasteiger partial charge in [0.2, 0.25) is 0 Å². The Labute approximate surface area is 153 Å². The van der Waals surface area contributed by atoms with E-state index in [-0.39, 0.29) is 18.1 Å². The Morgan fingerprint density at radius 3 is 2.50 bits per heavy atom. The molecule has 1 fully saturated rings. The van der Waals surface area contributed by atoms with Crippen LogP contribution in [0.1, 0.15) is 11.1 Å². The summed E-state index contributed by atoms with van der Waals surface area (Å²) in [7, 11) is -3.96. The van der Waals surface area contributed by atoms with Crippen molar-refractivity contribution < 1.29 is 27.2 Å². The minimum absolute atomic E-state index is 0.00831. The van der Waals surface area contributed by atoms with E-state index in [1.54, 1.807) is 12.1 Å². The predicted octanol–water partition coefficient (Wildman–Crippen LogP) is 2.05. The lowest BCUT2D eigenvalue weighted by atomic mass is 10.1. The van der Waals surface area contributed by atoms with Gasteiger partial charge < -0.3 is 14.6 Å². The molecule has 6 nitrogen and oxygen atoms in total. The SMILES string of the molecule is Cc1ccc(S(=O)(=O)O[C@@H]2CO[C@@H](COCc3ccccc3)[C@H]2O)cc1. The van der Waals surface area contributed by atoms with Crippen molar-refractivity contribution in [2.75, 3.05) is 13.2 Å². The fraction of sp³-hybridized carbons (Fsp3) is 0.368. The molecule has 1 aliphatic heterocycles. The fourth-order valence-corrected chi connectivity index (χ4v) is 3.75. The second-order valence-electron chi connectivity index (χ2n) is 6.26. The molecule has 0 amide bonds. The third-order valence-corrected chi connectivity index (χ3v) is 5.54. The molecule has 0 saturated carbocycles. The summed E-state index contributed by atoms with van der Waals surface area (Å²) in [6, 6.07) is 16.0. The number of benzene rings is 2. The van der Waals surface area contributed by atoms with Gasteiger partial charge in [0, 0.05) is 0 Å². The van der Waals surface area contributed by atoms with Crippen molar-refractivity contribution in [2.45, 2.75) is 36.7 Å². The van der Waals surface area contributed by atoms with E-state index in [1.807, 2.05) is 37.3 Å². The fourth-order valence-electron chi connectivity index (χ4n) is 2.68. The largest absolute Gasteiger partial charge is 0.387 e. The van der Waals surface area contributed by atoms with Crippen LogP contribution in [-0.4, -0.2) is 45.0 Å². The monoisotopic (exact) mass is 378 g/mol. The molecule has 0 bridgehead atoms. The molecule has 0 aromatic heterocycles. The Hall–Kier alpha value is -1.77. The first kappa shape index (κ1) is 19.0. The molecule has 26 heavy (non-hydrogen) atoms. The van der Waals surface area contributed by atoms with Crippen LogP contribution in [0.4, 0.5) is 0 Å². The first-order valence-corrected chi connectivity index (χ1v) is 9.78. The normalized spacial score (nSPS) is 23.2. The molecule has 0 spiro atoms. The summed E-state index contributed by atoms with van der Waals surface area (Å²) in [6.07, 6.45) is -2.66. The molecule has 0 aliphatic carbocycles. The van der Waals surface area contributed by atoms with Crippen molar-refractivity contribution in [2.24, 2.45) is 0 Å². The van der Waals surface area contributed by atoms with E-state index < -0.39 is 28.4 Å². The lowest BCUT2D eigenvalue weighted by molar-refractivity contribution is -0.0329. The maximum Gasteiger partial charge on any atom is 0.297 e. The van der Waals surface area contributed by atoms with Gasteiger partial charge in [0.05, 0.1) is 24.7 Å². The van der Waals surface area contributed by atoms with Crippen LogP contribution in [-0.2, 0) is 30.4 Å². The minimum Gasteiger partial charge on any atom is -0.387 e. The van der Waals surface area contributed by atoms with Crippen molar-refractivity contribution in [1.29, 1.82) is 0 Å². The van der Waals surface area contributed by atoms with Gasteiger partial charge in [-0.3, -0.25) is 4.18 Å². The highest BCUT2D eigenvalue weighted by molar-refractivity contribution is 7.86. The van der Waals surface area contributed by atoms with E-state index in [1.165, 1.54) is 12.1 Å². The Morgan fingerprint density at radius 2 is 1.81 bits per heavy atom. The van der Waals surface area contributed by atoms with Crippen LogP contribution in [0.5, 0.6) is 0 Å². The molecule has 7 heteroatoms. The molecule has 1 heterocycles. The third-order valence-electron chi connectivity index (χ3n) is 4.19. The summed E-state index contributed by atoms with van der Waals surface area (Å²) in [4.78, 5) is 0.0547. The average molecular weight is 378 g/mol. The molecule has 0 radical (unpaired) electrons. The zero-order valence-electron chi connectivity index (χ0n) is 14.4. The van der Waals surface area contributed by atoms with Crippen LogP contribution < -0.4 is 0 Å². The summed E-state index contributed by atoms with van der Waals surface area (Å²) in [5, 5.41) is 10.3. The van der Waals surface area contributed by atoms with Gasteiger partial charge in [-0.25, -0.2) is 0 Å². The molecule has 2 aromatic rings. The number of rotatable bonds is 7. The zero-order valence-corrected chi connectivity index (χ0v) is 15.3. The second kappa shape index (κ2) is 8.28. The van der Waals surface area contributed by atoms with Crippen LogP contribution in [0.25, 0.3) is 0 Å². The highest BCUT2D eigenvalue weighted by Crippen LogP contribution is 2.23. The Kier molecular flexibility index (Phi) is 6.05. The standard InChI is InChI=1S/C19H22O6S/c1-14-7-9-16(10-8-14)26(21,22)25-18-13-24-17(19(18)20)12-23-11-15-5-3-2-4-6-15/h2-10,17-20H,11-13H2,1H3/t17-,18+,19+/m0/s1. The molecule has 2 aromatic carbocycles. The van der Waals surface area contributed by atoms with Crippen LogP contribution in [0.2, 0.25) is 0 Å². The first-order valence-electron chi connectivity index (χ1n) is 8.37. The van der Waals surface area contributed by atoms with E-state index in [9.17, 15) is 13.5 Å². The average Bonchev–Trinajstić information content (AvgIpc) is 2.96. The summed E-state index contributed by atoms with van der Waals surface area (Å²) in [5.41, 5.74) is 1.96. The van der Waals surface area contributed by atoms with Crippen molar-refractivity contribution in [3.8, 4) is 0 Å². The van der Waals surface area contributed by atoms with Gasteiger partial charge in [0.25, 0.3) is 10.1 Å². The number of aliphatic hydroxyl groups excluding tert-OH is 1. The third kappa shape index (κ3) is 4.69. The zero-order chi connectivity index (χ0) is 18.6. The molecule has 3 rings (SSSR count). The summed E-state index contributed by atoms with van der Waals surface area (Å²) in [6.45, 7) is 2.40. The van der Waals surface area contributed by atoms with Crippen molar-refractivity contribution in [3.05, 3.63) is 65.7 Å². The summed E-state index contributed by atoms with van der Waals surface area (Å²) < 4.78 is 40.8. The maximum atomic E-state index is 12.3. The lowest BCUT2D eigenvalue weighted by Crippen LogP contribution is -2.36. The van der Waals surface area contributed by atoms with Crippen LogP contribution in [0, 0.1) is 6.92 Å². The molecule has 3 atom stereocenters. The summed E-state index contributed by atoms with van der Waals surface area (Å²) in [5.74, 6) is 0. The van der Waals surface area contributed by atoms with Gasteiger partial charge in [0.15, 0.2) is 0 Å². The van der Waals surface area contributed by atoms with Gasteiger partial charge in [-0.1, -0.05) is 48.0 Å². The highest BCUT2D eigenvalue weighted by Gasteiger charge is 2.40. The minimum atomic E-state index is -3.96. The van der Waals surface area contributed by atoms with Crippen LogP contribution in [0.15, 0.2) is 59.5 Å². The van der Waals surface area contributed by atoms with E-state index >= 15 is 0 Å². The van der Waals surface area contributed by atoms with E-state index in [4.69, 9.17) is 13.7 Å². The van der Waals surface area contributed by atoms with Gasteiger partial charge in [-0.15, -0.1) is 0 Å². The van der Waals surface area contributed by atoms with Gasteiger partial charge >= 0.3 is 0 Å². The molecule has 140 valence electrons. The molecule has 1 N–H and O–H groups in total. The number of aliphatic hydroxyl groups is 1. The quantitative estimate of drug-likeness (QED) is 0.743. The van der Waals surface area contributed by atoms with Crippen molar-refractivity contribution in [1.82, 2.24) is 0 Å². The Balaban J connectivity index is 1.53. The van der Waals surface area contributed by atoms with Gasteiger partial charge in [-0.2, -0.15) is 8.42 Å². The van der Waals surface area contributed by atoms with E-state index in [0.29, 0.717) is 6.61 Å². The number of ether oxygens (including phenoxy) is 2. The maximum absolute atomic E-state index is 12.3. The van der Waals surface area contributed by atoms with Crippen molar-refractivity contribution in [3.63, 3.8) is 0 Å². The van der Waals surface area contributed by atoms with Crippen LogP contribution in [0.3, 0.4) is 0 Å². The van der Waals surface area contributed by atoms with E-state index in [2.05, 4.69) is 0 Å². The van der Waals surface area contributed by atoms with Crippen molar-refractivity contribution >= 4 is 10.1 Å². The number of aryl methyl sites for hydroxylation is 1. The number of hydrogen-bond acceptors (Lipinski definition) is 6. The molecular formula is C19H22O6S. The first-order chi connectivity index (χ1) is 12.5. The lowest BCUT2D eigenvalue weighted by Gasteiger charge is -2.17. The molecular weight excluding hydrogens is 356 g/mol. The second-order valence-corrected chi connectivity index (χ2v) is 7.84. The molecule has 1 saturated heterocycles. The Morgan fingerprint density at radius 1 is 1.12 bits per heavy atom. The predicted molar refractivity (Wildman–Crippen MR) is 95.1 cm³/mol.